The van der Waals surface area contributed by atoms with Crippen LogP contribution in [-0.4, -0.2) is 71.5 Å². The van der Waals surface area contributed by atoms with E-state index in [1.807, 2.05) is 12.1 Å². The van der Waals surface area contributed by atoms with E-state index in [9.17, 15) is 22.8 Å². The zero-order valence-corrected chi connectivity index (χ0v) is 22.7. The maximum Gasteiger partial charge on any atom is 0.243 e. The summed E-state index contributed by atoms with van der Waals surface area (Å²) in [5.74, 6) is -1.16. The Morgan fingerprint density at radius 2 is 1.50 bits per heavy atom. The number of hydrogen-bond donors (Lipinski definition) is 0. The molecule has 10 heteroatoms. The molecular formula is C28H30ClN3O5S. The molecule has 0 radical (unpaired) electrons. The summed E-state index contributed by atoms with van der Waals surface area (Å²) in [6, 6.07) is 12.4. The lowest BCUT2D eigenvalue weighted by atomic mass is 10.0. The van der Waals surface area contributed by atoms with E-state index in [2.05, 4.69) is 0 Å². The Kier molecular flexibility index (Phi) is 6.36. The van der Waals surface area contributed by atoms with Crippen LogP contribution in [0.2, 0.25) is 5.02 Å². The molecule has 4 aliphatic rings. The highest BCUT2D eigenvalue weighted by Gasteiger charge is 2.57. The number of likely N-dealkylation sites (tertiary alicyclic amines) is 2. The maximum atomic E-state index is 13.8. The molecule has 0 aromatic heterocycles. The Bertz CT molecular complexity index is 1390. The van der Waals surface area contributed by atoms with Crippen LogP contribution in [-0.2, 0) is 24.4 Å². The summed E-state index contributed by atoms with van der Waals surface area (Å²) in [5, 5.41) is 0.626. The minimum absolute atomic E-state index is 0.0730. The summed E-state index contributed by atoms with van der Waals surface area (Å²) in [7, 11) is -3.91. The first-order valence-electron chi connectivity index (χ1n) is 13.2. The topological polar surface area (TPSA) is 95.1 Å². The highest BCUT2D eigenvalue weighted by atomic mass is 35.5. The van der Waals surface area contributed by atoms with Gasteiger partial charge < -0.3 is 4.90 Å². The van der Waals surface area contributed by atoms with Crippen LogP contribution in [0, 0.1) is 11.8 Å². The molecule has 3 amide bonds. The minimum Gasteiger partial charge on any atom is -0.335 e. The lowest BCUT2D eigenvalue weighted by Gasteiger charge is -2.31. The molecule has 0 bridgehead atoms. The summed E-state index contributed by atoms with van der Waals surface area (Å²) in [6.45, 7) is 2.46. The SMILES string of the molecule is C[C@@H]1C(=O)N(C(=O)C2CC2)[C@H]2CCN(C(=O)[C@@H]3CCCN3S(=O)(=O)c3ccc(-c4ccc(Cl)cc4)cc3)[C@H]12. The molecule has 3 aliphatic heterocycles. The molecular weight excluding hydrogens is 526 g/mol. The summed E-state index contributed by atoms with van der Waals surface area (Å²) < 4.78 is 28.6. The third-order valence-electron chi connectivity index (χ3n) is 8.47. The van der Waals surface area contributed by atoms with Crippen LogP contribution < -0.4 is 0 Å². The van der Waals surface area contributed by atoms with E-state index in [1.54, 1.807) is 48.2 Å². The van der Waals surface area contributed by atoms with Gasteiger partial charge in [0.15, 0.2) is 0 Å². The minimum atomic E-state index is -3.91. The third-order valence-corrected chi connectivity index (χ3v) is 10.6. The number of nitrogens with zero attached hydrogens (tertiary/aromatic N) is 3. The van der Waals surface area contributed by atoms with E-state index in [1.165, 1.54) is 9.21 Å². The molecule has 3 saturated heterocycles. The van der Waals surface area contributed by atoms with Crippen LogP contribution in [0.5, 0.6) is 0 Å². The smallest absolute Gasteiger partial charge is 0.243 e. The number of halogens is 1. The molecule has 1 saturated carbocycles. The van der Waals surface area contributed by atoms with Crippen molar-refractivity contribution in [3.63, 3.8) is 0 Å². The van der Waals surface area contributed by atoms with Crippen molar-refractivity contribution in [3.05, 3.63) is 53.6 Å². The third kappa shape index (κ3) is 4.15. The number of imide groups is 1. The van der Waals surface area contributed by atoms with Crippen molar-refractivity contribution in [2.45, 2.75) is 62.0 Å². The van der Waals surface area contributed by atoms with Crippen LogP contribution in [0.4, 0.5) is 0 Å². The van der Waals surface area contributed by atoms with Gasteiger partial charge in [0.25, 0.3) is 0 Å². The first-order chi connectivity index (χ1) is 18.2. The van der Waals surface area contributed by atoms with E-state index in [0.29, 0.717) is 30.8 Å². The monoisotopic (exact) mass is 555 g/mol. The van der Waals surface area contributed by atoms with Crippen LogP contribution in [0.15, 0.2) is 53.4 Å². The molecule has 4 atom stereocenters. The van der Waals surface area contributed by atoms with Gasteiger partial charge in [0.2, 0.25) is 27.7 Å². The first kappa shape index (κ1) is 25.5. The van der Waals surface area contributed by atoms with Gasteiger partial charge in [-0.25, -0.2) is 8.42 Å². The Morgan fingerprint density at radius 1 is 0.868 bits per heavy atom. The Hall–Kier alpha value is -2.75. The van der Waals surface area contributed by atoms with Gasteiger partial charge in [-0.15, -0.1) is 0 Å². The second kappa shape index (κ2) is 9.47. The summed E-state index contributed by atoms with van der Waals surface area (Å²) >= 11 is 5.97. The molecule has 0 unspecified atom stereocenters. The van der Waals surface area contributed by atoms with Gasteiger partial charge in [0.05, 0.1) is 22.9 Å². The fraction of sp³-hybridized carbons (Fsp3) is 0.464. The molecule has 3 heterocycles. The zero-order chi connectivity index (χ0) is 26.8. The molecule has 1 aliphatic carbocycles. The summed E-state index contributed by atoms with van der Waals surface area (Å²) in [4.78, 5) is 42.8. The second-order valence-electron chi connectivity index (χ2n) is 10.8. The standard InChI is InChI=1S/C28H30ClN3O5S/c1-17-25-23(32(26(17)33)27(34)20-4-5-20)14-16-30(25)28(35)24-3-2-15-31(24)38(36,37)22-12-8-19(9-13-22)18-6-10-21(29)11-7-18/h6-13,17,20,23-25H,2-5,14-16H2,1H3/t17-,23-,24-,25+/m0/s1. The average molecular weight is 556 g/mol. The van der Waals surface area contributed by atoms with Gasteiger partial charge in [0, 0.05) is 24.0 Å². The van der Waals surface area contributed by atoms with Crippen LogP contribution in [0.25, 0.3) is 11.1 Å². The van der Waals surface area contributed by atoms with Gasteiger partial charge in [-0.05, 0) is 67.5 Å². The fourth-order valence-corrected chi connectivity index (χ4v) is 8.11. The fourth-order valence-electron chi connectivity index (χ4n) is 6.33. The van der Waals surface area contributed by atoms with Crippen LogP contribution in [0.3, 0.4) is 0 Å². The van der Waals surface area contributed by atoms with Crippen molar-refractivity contribution in [3.8, 4) is 11.1 Å². The number of carbonyl (C=O) groups excluding carboxylic acids is 3. The lowest BCUT2D eigenvalue weighted by molar-refractivity contribution is -0.146. The highest BCUT2D eigenvalue weighted by Crippen LogP contribution is 2.42. The molecule has 2 aromatic rings. The average Bonchev–Trinajstić information content (AvgIpc) is 3.39. The molecule has 200 valence electrons. The van der Waals surface area contributed by atoms with E-state index >= 15 is 0 Å². The quantitative estimate of drug-likeness (QED) is 0.526. The van der Waals surface area contributed by atoms with Crippen LogP contribution >= 0.6 is 11.6 Å². The van der Waals surface area contributed by atoms with E-state index in [4.69, 9.17) is 11.6 Å². The van der Waals surface area contributed by atoms with Crippen molar-refractivity contribution in [1.29, 1.82) is 0 Å². The number of carbonyl (C=O) groups is 3. The second-order valence-corrected chi connectivity index (χ2v) is 13.1. The largest absolute Gasteiger partial charge is 0.335 e. The van der Waals surface area contributed by atoms with Gasteiger partial charge in [-0.3, -0.25) is 19.3 Å². The van der Waals surface area contributed by atoms with E-state index in [0.717, 1.165) is 24.0 Å². The van der Waals surface area contributed by atoms with Crippen molar-refractivity contribution in [2.75, 3.05) is 13.1 Å². The van der Waals surface area contributed by atoms with E-state index < -0.39 is 28.0 Å². The van der Waals surface area contributed by atoms with Gasteiger partial charge in [-0.2, -0.15) is 4.31 Å². The predicted molar refractivity (Wildman–Crippen MR) is 141 cm³/mol. The maximum absolute atomic E-state index is 13.8. The predicted octanol–water partition coefficient (Wildman–Crippen LogP) is 3.54. The molecule has 0 spiro atoms. The first-order valence-corrected chi connectivity index (χ1v) is 15.1. The normalized spacial score (nSPS) is 27.7. The molecule has 8 nitrogen and oxygen atoms in total. The number of fused-ring (bicyclic) bond motifs is 1. The number of hydrogen-bond acceptors (Lipinski definition) is 5. The number of benzene rings is 2. The molecule has 0 N–H and O–H groups in total. The highest BCUT2D eigenvalue weighted by molar-refractivity contribution is 7.89. The zero-order valence-electron chi connectivity index (χ0n) is 21.1. The van der Waals surface area contributed by atoms with Crippen molar-refractivity contribution in [2.24, 2.45) is 11.8 Å². The Labute approximate surface area is 227 Å². The van der Waals surface area contributed by atoms with Crippen molar-refractivity contribution < 1.29 is 22.8 Å². The van der Waals surface area contributed by atoms with Gasteiger partial charge in [-0.1, -0.05) is 42.8 Å². The Balaban J connectivity index is 1.21. The summed E-state index contributed by atoms with van der Waals surface area (Å²) in [5.41, 5.74) is 1.79. The van der Waals surface area contributed by atoms with E-state index in [-0.39, 0.29) is 41.1 Å². The van der Waals surface area contributed by atoms with Gasteiger partial charge >= 0.3 is 0 Å². The summed E-state index contributed by atoms with van der Waals surface area (Å²) in [6.07, 6.45) is 3.18. The number of amides is 3. The van der Waals surface area contributed by atoms with Crippen LogP contribution in [0.1, 0.15) is 39.0 Å². The van der Waals surface area contributed by atoms with Crippen molar-refractivity contribution in [1.82, 2.24) is 14.1 Å². The van der Waals surface area contributed by atoms with Crippen molar-refractivity contribution >= 4 is 39.3 Å². The lowest BCUT2D eigenvalue weighted by Crippen LogP contribution is -2.51. The Morgan fingerprint density at radius 3 is 2.13 bits per heavy atom. The molecule has 38 heavy (non-hydrogen) atoms. The molecule has 4 fully saturated rings. The van der Waals surface area contributed by atoms with Gasteiger partial charge in [0.1, 0.15) is 6.04 Å². The number of rotatable bonds is 5. The molecule has 2 aromatic carbocycles. The molecule has 6 rings (SSSR count). The number of sulfonamides is 1.